The Labute approximate surface area is 121 Å². The molecule has 1 saturated heterocycles. The van der Waals surface area contributed by atoms with Crippen molar-refractivity contribution < 1.29 is 10.2 Å². The van der Waals surface area contributed by atoms with Crippen LogP contribution >= 0.6 is 0 Å². The van der Waals surface area contributed by atoms with Crippen LogP contribution in [0.5, 0.6) is 11.5 Å². The van der Waals surface area contributed by atoms with Gasteiger partial charge in [-0.05, 0) is 37.0 Å². The zero-order valence-electron chi connectivity index (χ0n) is 12.5. The highest BCUT2D eigenvalue weighted by Gasteiger charge is 2.24. The lowest BCUT2D eigenvalue weighted by molar-refractivity contribution is 0.157. The van der Waals surface area contributed by atoms with Gasteiger partial charge in [0.25, 0.3) is 0 Å². The van der Waals surface area contributed by atoms with E-state index in [0.717, 1.165) is 44.6 Å². The molecule has 0 bridgehead atoms. The van der Waals surface area contributed by atoms with E-state index in [9.17, 15) is 10.2 Å². The van der Waals surface area contributed by atoms with Gasteiger partial charge in [-0.3, -0.25) is 4.90 Å². The molecule has 1 aliphatic rings. The Morgan fingerprint density at radius 3 is 2.50 bits per heavy atom. The SMILES string of the molecule is CC(C)CC[C@@H](c1cc(O)ccc1O)N1CCNCC1. The van der Waals surface area contributed by atoms with E-state index in [1.807, 2.05) is 0 Å². The molecule has 1 aliphatic heterocycles. The van der Waals surface area contributed by atoms with Gasteiger partial charge in [0.15, 0.2) is 0 Å². The molecule has 0 spiro atoms. The quantitative estimate of drug-likeness (QED) is 0.724. The largest absolute Gasteiger partial charge is 0.508 e. The van der Waals surface area contributed by atoms with E-state index in [-0.39, 0.29) is 17.5 Å². The van der Waals surface area contributed by atoms with Crippen molar-refractivity contribution in [3.63, 3.8) is 0 Å². The van der Waals surface area contributed by atoms with Gasteiger partial charge < -0.3 is 15.5 Å². The maximum atomic E-state index is 10.1. The Bertz CT molecular complexity index is 428. The molecule has 0 saturated carbocycles. The fourth-order valence-corrected chi connectivity index (χ4v) is 2.83. The molecule has 0 radical (unpaired) electrons. The first-order chi connectivity index (χ1) is 9.58. The van der Waals surface area contributed by atoms with Gasteiger partial charge in [-0.15, -0.1) is 0 Å². The van der Waals surface area contributed by atoms with Gasteiger partial charge in [-0.2, -0.15) is 0 Å². The summed E-state index contributed by atoms with van der Waals surface area (Å²) in [5.74, 6) is 1.15. The molecule has 1 fully saturated rings. The van der Waals surface area contributed by atoms with Gasteiger partial charge in [-0.25, -0.2) is 0 Å². The average molecular weight is 278 g/mol. The lowest BCUT2D eigenvalue weighted by Gasteiger charge is -2.36. The highest BCUT2D eigenvalue weighted by molar-refractivity contribution is 5.40. The molecule has 1 aromatic carbocycles. The predicted octanol–water partition coefficient (Wildman–Crippen LogP) is 2.48. The second kappa shape index (κ2) is 6.95. The summed E-state index contributed by atoms with van der Waals surface area (Å²) in [6.45, 7) is 8.37. The average Bonchev–Trinajstić information content (AvgIpc) is 2.43. The van der Waals surface area contributed by atoms with Crippen LogP contribution in [-0.4, -0.2) is 41.3 Å². The third kappa shape index (κ3) is 3.87. The summed E-state index contributed by atoms with van der Waals surface area (Å²) in [6, 6.07) is 5.03. The Hall–Kier alpha value is -1.26. The Morgan fingerprint density at radius 2 is 1.85 bits per heavy atom. The van der Waals surface area contributed by atoms with Gasteiger partial charge in [0, 0.05) is 37.8 Å². The molecule has 3 N–H and O–H groups in total. The number of phenols is 2. The van der Waals surface area contributed by atoms with Gasteiger partial charge in [0.05, 0.1) is 0 Å². The van der Waals surface area contributed by atoms with Crippen molar-refractivity contribution in [2.45, 2.75) is 32.7 Å². The number of hydrogen-bond acceptors (Lipinski definition) is 4. The fourth-order valence-electron chi connectivity index (χ4n) is 2.83. The minimum absolute atomic E-state index is 0.187. The molecule has 0 unspecified atom stereocenters. The maximum absolute atomic E-state index is 10.1. The minimum Gasteiger partial charge on any atom is -0.508 e. The molecular formula is C16H26N2O2. The highest BCUT2D eigenvalue weighted by atomic mass is 16.3. The van der Waals surface area contributed by atoms with Gasteiger partial charge in [0.1, 0.15) is 11.5 Å². The fraction of sp³-hybridized carbons (Fsp3) is 0.625. The van der Waals surface area contributed by atoms with Crippen LogP contribution < -0.4 is 5.32 Å². The van der Waals surface area contributed by atoms with Crippen LogP contribution in [0.15, 0.2) is 18.2 Å². The number of nitrogens with zero attached hydrogens (tertiary/aromatic N) is 1. The van der Waals surface area contributed by atoms with Crippen molar-refractivity contribution in [2.75, 3.05) is 26.2 Å². The molecule has 1 atom stereocenters. The molecule has 0 amide bonds. The zero-order valence-corrected chi connectivity index (χ0v) is 12.5. The van der Waals surface area contributed by atoms with E-state index in [2.05, 4.69) is 24.1 Å². The number of aromatic hydroxyl groups is 2. The predicted molar refractivity (Wildman–Crippen MR) is 81.0 cm³/mol. The van der Waals surface area contributed by atoms with Crippen molar-refractivity contribution in [2.24, 2.45) is 5.92 Å². The summed E-state index contributed by atoms with van der Waals surface area (Å²) >= 11 is 0. The lowest BCUT2D eigenvalue weighted by Crippen LogP contribution is -2.45. The highest BCUT2D eigenvalue weighted by Crippen LogP contribution is 2.35. The smallest absolute Gasteiger partial charge is 0.120 e. The number of rotatable bonds is 5. The van der Waals surface area contributed by atoms with Crippen LogP contribution in [0.1, 0.15) is 38.3 Å². The van der Waals surface area contributed by atoms with Crippen LogP contribution in [0, 0.1) is 5.92 Å². The van der Waals surface area contributed by atoms with E-state index < -0.39 is 0 Å². The monoisotopic (exact) mass is 278 g/mol. The summed E-state index contributed by atoms with van der Waals surface area (Å²) in [5.41, 5.74) is 0.854. The van der Waals surface area contributed by atoms with Crippen LogP contribution in [-0.2, 0) is 0 Å². The summed E-state index contributed by atoms with van der Waals surface area (Å²) in [6.07, 6.45) is 2.12. The maximum Gasteiger partial charge on any atom is 0.120 e. The summed E-state index contributed by atoms with van der Waals surface area (Å²) in [4.78, 5) is 2.41. The zero-order chi connectivity index (χ0) is 14.5. The van der Waals surface area contributed by atoms with E-state index in [1.54, 1.807) is 12.1 Å². The first-order valence-electron chi connectivity index (χ1n) is 7.54. The van der Waals surface area contributed by atoms with E-state index in [4.69, 9.17) is 0 Å². The molecule has 0 aromatic heterocycles. The van der Waals surface area contributed by atoms with Crippen LogP contribution in [0.4, 0.5) is 0 Å². The van der Waals surface area contributed by atoms with E-state index in [0.29, 0.717) is 5.92 Å². The second-order valence-electron chi connectivity index (χ2n) is 6.02. The first-order valence-corrected chi connectivity index (χ1v) is 7.54. The van der Waals surface area contributed by atoms with E-state index in [1.165, 1.54) is 6.07 Å². The second-order valence-corrected chi connectivity index (χ2v) is 6.02. The Morgan fingerprint density at radius 1 is 1.15 bits per heavy atom. The number of phenolic OH excluding ortho intramolecular Hbond substituents is 2. The first kappa shape index (κ1) is 15.1. The van der Waals surface area contributed by atoms with Gasteiger partial charge >= 0.3 is 0 Å². The third-order valence-corrected chi connectivity index (χ3v) is 3.98. The van der Waals surface area contributed by atoms with Crippen molar-refractivity contribution >= 4 is 0 Å². The summed E-state index contributed by atoms with van der Waals surface area (Å²) in [5, 5.41) is 23.2. The minimum atomic E-state index is 0.187. The summed E-state index contributed by atoms with van der Waals surface area (Å²) < 4.78 is 0. The molecule has 112 valence electrons. The van der Waals surface area contributed by atoms with Crippen molar-refractivity contribution in [3.05, 3.63) is 23.8 Å². The standard InChI is InChI=1S/C16H26N2O2/c1-12(2)3-5-15(18-9-7-17-8-10-18)14-11-13(19)4-6-16(14)20/h4,6,11-12,15,17,19-20H,3,5,7-10H2,1-2H3/t15-/m0/s1. The number of nitrogens with one attached hydrogen (secondary N) is 1. The molecule has 0 aliphatic carbocycles. The molecule has 1 heterocycles. The summed E-state index contributed by atoms with van der Waals surface area (Å²) in [7, 11) is 0. The van der Waals surface area contributed by atoms with Crippen molar-refractivity contribution in [1.82, 2.24) is 10.2 Å². The number of hydrogen-bond donors (Lipinski definition) is 3. The number of benzene rings is 1. The number of piperazine rings is 1. The van der Waals surface area contributed by atoms with Crippen molar-refractivity contribution in [1.29, 1.82) is 0 Å². The molecular weight excluding hydrogens is 252 g/mol. The van der Waals surface area contributed by atoms with Gasteiger partial charge in [0.2, 0.25) is 0 Å². The molecule has 20 heavy (non-hydrogen) atoms. The molecule has 2 rings (SSSR count). The van der Waals surface area contributed by atoms with Crippen LogP contribution in [0.3, 0.4) is 0 Å². The van der Waals surface area contributed by atoms with Crippen LogP contribution in [0.2, 0.25) is 0 Å². The van der Waals surface area contributed by atoms with Gasteiger partial charge in [-0.1, -0.05) is 13.8 Å². The van der Waals surface area contributed by atoms with Crippen molar-refractivity contribution in [3.8, 4) is 11.5 Å². The van der Waals surface area contributed by atoms with E-state index >= 15 is 0 Å². The Balaban J connectivity index is 2.21. The molecule has 1 aromatic rings. The molecule has 4 nitrogen and oxygen atoms in total. The Kier molecular flexibility index (Phi) is 5.26. The van der Waals surface area contributed by atoms with Crippen LogP contribution in [0.25, 0.3) is 0 Å². The normalized spacial score (nSPS) is 18.4. The molecule has 4 heteroatoms. The third-order valence-electron chi connectivity index (χ3n) is 3.98. The lowest BCUT2D eigenvalue weighted by atomic mass is 9.95. The topological polar surface area (TPSA) is 55.7 Å².